The first-order valence-corrected chi connectivity index (χ1v) is 23.1. The summed E-state index contributed by atoms with van der Waals surface area (Å²) in [5.41, 5.74) is 1.23. The third kappa shape index (κ3) is 17.8. The first-order chi connectivity index (χ1) is 30.1. The van der Waals surface area contributed by atoms with Gasteiger partial charge in [0.2, 0.25) is 23.6 Å². The lowest BCUT2D eigenvalue weighted by Gasteiger charge is -2.35. The van der Waals surface area contributed by atoms with Gasteiger partial charge in [-0.25, -0.2) is 4.79 Å². The van der Waals surface area contributed by atoms with E-state index in [4.69, 9.17) is 0 Å². The van der Waals surface area contributed by atoms with E-state index >= 15 is 0 Å². The van der Waals surface area contributed by atoms with Gasteiger partial charge in [0, 0.05) is 43.8 Å². The molecule has 2 aliphatic carbocycles. The smallest absolute Gasteiger partial charge is 0.326 e. The first kappa shape index (κ1) is 53.2. The number of unbranched alkanes of at least 4 members (excludes halogenated alkanes) is 12. The van der Waals surface area contributed by atoms with Gasteiger partial charge in [0.1, 0.15) is 24.3 Å². The Balaban J connectivity index is 1.50. The van der Waals surface area contributed by atoms with E-state index in [9.17, 15) is 54.6 Å². The maximum Gasteiger partial charge on any atom is 0.326 e. The lowest BCUT2D eigenvalue weighted by atomic mass is 9.79. The molecule has 17 heteroatoms. The van der Waals surface area contributed by atoms with E-state index in [2.05, 4.69) is 33.5 Å². The van der Waals surface area contributed by atoms with Crippen LogP contribution in [0.1, 0.15) is 130 Å². The van der Waals surface area contributed by atoms with Crippen LogP contribution in [0.2, 0.25) is 0 Å². The minimum Gasteiger partial charge on any atom is -0.508 e. The molecule has 4 bridgehead atoms. The number of allylic oxidation sites excluding steroid dienone is 2. The zero-order valence-electron chi connectivity index (χ0n) is 37.8. The van der Waals surface area contributed by atoms with Crippen molar-refractivity contribution in [2.24, 2.45) is 11.8 Å². The van der Waals surface area contributed by atoms with Crippen LogP contribution in [0.4, 0.5) is 0 Å². The lowest BCUT2D eigenvalue weighted by Crippen LogP contribution is -2.59. The van der Waals surface area contributed by atoms with Gasteiger partial charge in [0.25, 0.3) is 0 Å². The number of aliphatic carboxylic acids is 1. The maximum absolute atomic E-state index is 13.3. The molecule has 17 nitrogen and oxygen atoms in total. The number of carboxylic acid groups (broad SMARTS) is 1. The molecule has 11 N–H and O–H groups in total. The number of hydrogen-bond acceptors (Lipinski definition) is 12. The van der Waals surface area contributed by atoms with Gasteiger partial charge in [0.15, 0.2) is 0 Å². The van der Waals surface area contributed by atoms with Gasteiger partial charge in [-0.05, 0) is 43.4 Å². The number of nitrogens with zero attached hydrogens (tertiary/aromatic N) is 1. The van der Waals surface area contributed by atoms with Crippen LogP contribution in [0.25, 0.3) is 0 Å². The van der Waals surface area contributed by atoms with E-state index < -0.39 is 91.4 Å². The predicted octanol–water partition coefficient (Wildman–Crippen LogP) is 2.71. The molecule has 0 spiro atoms. The van der Waals surface area contributed by atoms with E-state index in [0.717, 1.165) is 19.3 Å². The lowest BCUT2D eigenvalue weighted by molar-refractivity contribution is -0.142. The third-order valence-corrected chi connectivity index (χ3v) is 12.3. The number of hydrogen-bond donors (Lipinski definition) is 11. The maximum atomic E-state index is 13.3. The Morgan fingerprint density at radius 1 is 0.952 bits per heavy atom. The summed E-state index contributed by atoms with van der Waals surface area (Å²) in [6.07, 6.45) is 18.2. The molecule has 63 heavy (non-hydrogen) atoms. The molecular weight excluding hydrogens is 813 g/mol. The number of aliphatic hydroxyl groups excluding tert-OH is 5. The molecule has 4 amide bonds. The number of carboxylic acids is 1. The Hall–Kier alpha value is -4.13. The topological polar surface area (TPSA) is 270 Å². The normalized spacial score (nSPS) is 24.2. The number of aliphatic hydroxyl groups is 5. The standard InChI is InChI=1S/C46H76N6O11/c1-5-6-7-8-9-10-11-12-13-14-15-16-17-18-40(57)52(4)36(28-53)44(60)47-26-29(2)42(58)48-27-39(56)51-41-32-20-22-38(55)34(25-32)33-23-31(19-21-37(33)54)24-35(46(62)63)50-43(59)30(3)49-45(41)61/h19-20,22-23,29-30,32,35-37,41,44-45,47,49,53-55,60-61H,5-18,21,24-28H2,1-4H3,(H,48,58)(H,50,59)(H,51,56)(H,62,63)/t29?,30-,32-,35-,36+,37-,41-,44?,45?/m0/s1. The fourth-order valence-corrected chi connectivity index (χ4v) is 8.19. The Morgan fingerprint density at radius 2 is 1.57 bits per heavy atom. The second-order valence-electron chi connectivity index (χ2n) is 17.5. The first-order valence-electron chi connectivity index (χ1n) is 23.1. The molecule has 3 rings (SSSR count). The van der Waals surface area contributed by atoms with Crippen LogP contribution < -0.4 is 26.6 Å². The van der Waals surface area contributed by atoms with E-state index in [0.29, 0.717) is 29.6 Å². The summed E-state index contributed by atoms with van der Waals surface area (Å²) in [4.78, 5) is 65.8. The van der Waals surface area contributed by atoms with E-state index in [1.807, 2.05) is 0 Å². The SMILES string of the molecule is CCCCCCCCCCCCCCCC(=O)N(C)[C@H](CO)C(O)NCC(C)C(=O)NCC(=O)N[C@@H]1C(O)N[C@@H](C)C(=O)N[C@H](C(=O)O)CC2=CC[C@H](O)C(=C2)C2=C(O)C=C[C@H]1C2. The summed E-state index contributed by atoms with van der Waals surface area (Å²) in [7, 11) is 1.53. The average molecular weight is 889 g/mol. The van der Waals surface area contributed by atoms with Gasteiger partial charge >= 0.3 is 5.97 Å². The van der Waals surface area contributed by atoms with Crippen molar-refractivity contribution in [1.29, 1.82) is 0 Å². The number of likely N-dealkylation sites (N-methyl/N-ethyl adjacent to an activating group) is 1. The van der Waals surface area contributed by atoms with E-state index in [1.54, 1.807) is 25.2 Å². The molecule has 3 unspecified atom stereocenters. The number of carbonyl (C=O) groups excluding carboxylic acids is 4. The van der Waals surface area contributed by atoms with Crippen molar-refractivity contribution in [3.8, 4) is 0 Å². The number of rotatable bonds is 25. The van der Waals surface area contributed by atoms with Crippen LogP contribution in [0.5, 0.6) is 0 Å². The minimum absolute atomic E-state index is 0.0516. The van der Waals surface area contributed by atoms with Gasteiger partial charge in [0.05, 0.1) is 37.4 Å². The average Bonchev–Trinajstić information content (AvgIpc) is 3.25. The molecule has 9 atom stereocenters. The fraction of sp³-hybridized carbons (Fsp3) is 0.717. The summed E-state index contributed by atoms with van der Waals surface area (Å²) in [6, 6.07) is -4.51. The summed E-state index contributed by atoms with van der Waals surface area (Å²) < 4.78 is 0. The van der Waals surface area contributed by atoms with Crippen molar-refractivity contribution < 1.29 is 54.6 Å². The van der Waals surface area contributed by atoms with Crippen molar-refractivity contribution in [2.45, 2.75) is 173 Å². The highest BCUT2D eigenvalue weighted by atomic mass is 16.4. The summed E-state index contributed by atoms with van der Waals surface area (Å²) in [5.74, 6) is -5.01. The third-order valence-electron chi connectivity index (χ3n) is 12.3. The molecule has 0 radical (unpaired) electrons. The van der Waals surface area contributed by atoms with Gasteiger partial charge in [-0.15, -0.1) is 0 Å². The predicted molar refractivity (Wildman–Crippen MR) is 239 cm³/mol. The summed E-state index contributed by atoms with van der Waals surface area (Å²) in [6.45, 7) is 4.16. The zero-order valence-corrected chi connectivity index (χ0v) is 37.8. The summed E-state index contributed by atoms with van der Waals surface area (Å²) >= 11 is 0. The molecule has 0 saturated carbocycles. The summed E-state index contributed by atoms with van der Waals surface area (Å²) in [5, 5.41) is 77.2. The van der Waals surface area contributed by atoms with Gasteiger partial charge in [-0.3, -0.25) is 29.8 Å². The Kier molecular flexibility index (Phi) is 23.6. The monoisotopic (exact) mass is 889 g/mol. The quantitative estimate of drug-likeness (QED) is 0.0466. The number of nitrogens with one attached hydrogen (secondary N) is 5. The molecule has 0 aromatic heterocycles. The van der Waals surface area contributed by atoms with Crippen LogP contribution in [-0.4, -0.2) is 135 Å². The molecule has 356 valence electrons. The number of fused-ring (bicyclic) bond motifs is 4. The second kappa shape index (κ2) is 27.9. The molecule has 0 fully saturated rings. The Morgan fingerprint density at radius 3 is 2.17 bits per heavy atom. The Bertz CT molecular complexity index is 1630. The van der Waals surface area contributed by atoms with Crippen molar-refractivity contribution in [3.05, 3.63) is 46.8 Å². The highest BCUT2D eigenvalue weighted by molar-refractivity contribution is 5.87. The van der Waals surface area contributed by atoms with E-state index in [-0.39, 0.29) is 37.5 Å². The van der Waals surface area contributed by atoms with Gasteiger partial charge in [-0.1, -0.05) is 109 Å². The molecule has 0 aromatic rings. The molecule has 0 saturated heterocycles. The molecular formula is C46H76N6O11. The number of amides is 4. The number of carbonyl (C=O) groups is 5. The van der Waals surface area contributed by atoms with Crippen molar-refractivity contribution in [1.82, 2.24) is 31.5 Å². The van der Waals surface area contributed by atoms with Gasteiger partial charge < -0.3 is 51.5 Å². The van der Waals surface area contributed by atoms with Crippen molar-refractivity contribution in [2.75, 3.05) is 26.7 Å². The Labute approximate surface area is 372 Å². The molecule has 1 heterocycles. The highest BCUT2D eigenvalue weighted by Crippen LogP contribution is 2.36. The fourth-order valence-electron chi connectivity index (χ4n) is 8.19. The van der Waals surface area contributed by atoms with Crippen LogP contribution >= 0.6 is 0 Å². The molecule has 0 aromatic carbocycles. The highest BCUT2D eigenvalue weighted by Gasteiger charge is 2.36. The van der Waals surface area contributed by atoms with Gasteiger partial charge in [-0.2, -0.15) is 0 Å². The largest absolute Gasteiger partial charge is 0.508 e. The molecule has 1 aliphatic heterocycles. The van der Waals surface area contributed by atoms with Crippen LogP contribution in [-0.2, 0) is 24.0 Å². The minimum atomic E-state index is -1.57. The van der Waals surface area contributed by atoms with Crippen LogP contribution in [0.3, 0.4) is 0 Å². The van der Waals surface area contributed by atoms with Crippen molar-refractivity contribution in [3.63, 3.8) is 0 Å². The van der Waals surface area contributed by atoms with Crippen LogP contribution in [0.15, 0.2) is 46.8 Å². The van der Waals surface area contributed by atoms with Crippen LogP contribution in [0, 0.1) is 11.8 Å². The second-order valence-corrected chi connectivity index (χ2v) is 17.5. The zero-order chi connectivity index (χ0) is 46.5. The van der Waals surface area contributed by atoms with Crippen molar-refractivity contribution >= 4 is 29.6 Å². The molecule has 3 aliphatic rings. The van der Waals surface area contributed by atoms with E-state index in [1.165, 1.54) is 82.7 Å².